The third-order valence-corrected chi connectivity index (χ3v) is 6.51. The van der Waals surface area contributed by atoms with Crippen LogP contribution in [0, 0.1) is 12.7 Å². The highest BCUT2D eigenvalue weighted by molar-refractivity contribution is 5.96. The van der Waals surface area contributed by atoms with Gasteiger partial charge in [0, 0.05) is 29.4 Å². The molecule has 1 fully saturated rings. The van der Waals surface area contributed by atoms with Gasteiger partial charge in [-0.15, -0.1) is 0 Å². The summed E-state index contributed by atoms with van der Waals surface area (Å²) >= 11 is 0. The summed E-state index contributed by atoms with van der Waals surface area (Å²) in [6, 6.07) is 3.26. The SMILES string of the molecule is Cc1nc2c(F)cc(-c3c[nH]c4nc(NC5CCC(OCCO)CC5)ncc34)cc2n1CC(F)F. The van der Waals surface area contributed by atoms with E-state index in [1.165, 1.54) is 10.6 Å². The normalized spacial score (nSPS) is 18.7. The third-order valence-electron chi connectivity index (χ3n) is 6.51. The minimum atomic E-state index is -2.58. The lowest BCUT2D eigenvalue weighted by molar-refractivity contribution is 0.00719. The van der Waals surface area contributed by atoms with E-state index < -0.39 is 18.8 Å². The molecule has 3 N–H and O–H groups in total. The summed E-state index contributed by atoms with van der Waals surface area (Å²) in [4.78, 5) is 16.3. The van der Waals surface area contributed by atoms with E-state index in [0.29, 0.717) is 46.1 Å². The smallest absolute Gasteiger partial charge is 0.256 e. The van der Waals surface area contributed by atoms with Crippen molar-refractivity contribution in [2.45, 2.75) is 57.7 Å². The molecule has 0 bridgehead atoms. The van der Waals surface area contributed by atoms with Crippen LogP contribution in [0.1, 0.15) is 31.5 Å². The van der Waals surface area contributed by atoms with Gasteiger partial charge >= 0.3 is 0 Å². The Kier molecular flexibility index (Phi) is 6.61. The first-order chi connectivity index (χ1) is 16.9. The maximum atomic E-state index is 14.9. The molecular weight excluding hydrogens is 461 g/mol. The minimum Gasteiger partial charge on any atom is -0.394 e. The molecule has 0 unspecified atom stereocenters. The van der Waals surface area contributed by atoms with E-state index in [9.17, 15) is 13.2 Å². The molecule has 0 atom stereocenters. The number of ether oxygens (including phenoxy) is 1. The number of aliphatic hydroxyl groups is 1. The van der Waals surface area contributed by atoms with Crippen molar-refractivity contribution in [3.8, 4) is 11.1 Å². The van der Waals surface area contributed by atoms with Gasteiger partial charge in [0.15, 0.2) is 5.82 Å². The molecule has 3 heterocycles. The predicted molar refractivity (Wildman–Crippen MR) is 126 cm³/mol. The van der Waals surface area contributed by atoms with Gasteiger partial charge in [0.1, 0.15) is 17.0 Å². The number of halogens is 3. The van der Waals surface area contributed by atoms with E-state index in [4.69, 9.17) is 9.84 Å². The Balaban J connectivity index is 1.38. The van der Waals surface area contributed by atoms with Gasteiger partial charge < -0.3 is 24.7 Å². The van der Waals surface area contributed by atoms with Crippen molar-refractivity contribution in [2.24, 2.45) is 0 Å². The van der Waals surface area contributed by atoms with Crippen LogP contribution in [0.4, 0.5) is 19.1 Å². The first kappa shape index (κ1) is 23.6. The molecule has 1 aromatic carbocycles. The van der Waals surface area contributed by atoms with E-state index in [1.807, 2.05) is 0 Å². The highest BCUT2D eigenvalue weighted by Gasteiger charge is 2.23. The largest absolute Gasteiger partial charge is 0.394 e. The first-order valence-electron chi connectivity index (χ1n) is 11.7. The fourth-order valence-electron chi connectivity index (χ4n) is 4.81. The van der Waals surface area contributed by atoms with Crippen molar-refractivity contribution in [1.82, 2.24) is 24.5 Å². The van der Waals surface area contributed by atoms with Crippen LogP contribution in [0.2, 0.25) is 0 Å². The second-order valence-corrected chi connectivity index (χ2v) is 8.86. The number of nitrogens with one attached hydrogen (secondary N) is 2. The van der Waals surface area contributed by atoms with Gasteiger partial charge in [-0.2, -0.15) is 4.98 Å². The predicted octanol–water partition coefficient (Wildman–Crippen LogP) is 4.42. The van der Waals surface area contributed by atoms with Crippen LogP contribution < -0.4 is 5.32 Å². The number of fused-ring (bicyclic) bond motifs is 2. The van der Waals surface area contributed by atoms with E-state index >= 15 is 0 Å². The summed E-state index contributed by atoms with van der Waals surface area (Å²) < 4.78 is 48.0. The number of aromatic nitrogens is 5. The summed E-state index contributed by atoms with van der Waals surface area (Å²) in [5.41, 5.74) is 2.20. The number of nitrogens with zero attached hydrogens (tertiary/aromatic N) is 4. The molecule has 0 aliphatic heterocycles. The Morgan fingerprint density at radius 3 is 2.77 bits per heavy atom. The highest BCUT2D eigenvalue weighted by atomic mass is 19.3. The van der Waals surface area contributed by atoms with Crippen molar-refractivity contribution in [2.75, 3.05) is 18.5 Å². The Hall–Kier alpha value is -3.18. The number of aryl methyl sites for hydroxylation is 1. The average molecular weight is 489 g/mol. The number of anilines is 1. The first-order valence-corrected chi connectivity index (χ1v) is 11.7. The monoisotopic (exact) mass is 488 g/mol. The van der Waals surface area contributed by atoms with Gasteiger partial charge in [-0.3, -0.25) is 0 Å². The molecule has 35 heavy (non-hydrogen) atoms. The summed E-state index contributed by atoms with van der Waals surface area (Å²) in [5, 5.41) is 13.0. The van der Waals surface area contributed by atoms with Crippen LogP contribution in [0.15, 0.2) is 24.5 Å². The summed E-state index contributed by atoms with van der Waals surface area (Å²) in [5.74, 6) is 0.266. The van der Waals surface area contributed by atoms with E-state index in [1.54, 1.807) is 25.4 Å². The maximum absolute atomic E-state index is 14.9. The number of H-pyrrole nitrogens is 1. The fraction of sp³-hybridized carbons (Fsp3) is 0.458. The van der Waals surface area contributed by atoms with Crippen LogP contribution in [-0.4, -0.2) is 61.4 Å². The van der Waals surface area contributed by atoms with Gasteiger partial charge in [-0.05, 0) is 50.3 Å². The number of rotatable bonds is 8. The number of hydrogen-bond donors (Lipinski definition) is 3. The average Bonchev–Trinajstić information content (AvgIpc) is 3.39. The Morgan fingerprint density at radius 2 is 2.03 bits per heavy atom. The van der Waals surface area contributed by atoms with Crippen LogP contribution in [0.5, 0.6) is 0 Å². The summed E-state index contributed by atoms with van der Waals surface area (Å²) in [6.07, 6.45) is 4.63. The zero-order valence-corrected chi connectivity index (χ0v) is 19.3. The number of aliphatic hydroxyl groups excluding tert-OH is 1. The number of aromatic amines is 1. The van der Waals surface area contributed by atoms with Crippen molar-refractivity contribution in [3.63, 3.8) is 0 Å². The highest BCUT2D eigenvalue weighted by Crippen LogP contribution is 2.32. The van der Waals surface area contributed by atoms with E-state index in [-0.39, 0.29) is 24.3 Å². The molecular formula is C24H27F3N6O2. The molecule has 0 spiro atoms. The molecule has 1 aliphatic carbocycles. The van der Waals surface area contributed by atoms with Crippen LogP contribution in [0.3, 0.4) is 0 Å². The molecule has 0 amide bonds. The third kappa shape index (κ3) is 4.83. The minimum absolute atomic E-state index is 0.0314. The lowest BCUT2D eigenvalue weighted by Gasteiger charge is -2.28. The van der Waals surface area contributed by atoms with Crippen molar-refractivity contribution in [1.29, 1.82) is 0 Å². The summed E-state index contributed by atoms with van der Waals surface area (Å²) in [7, 11) is 0. The maximum Gasteiger partial charge on any atom is 0.256 e. The number of hydrogen-bond acceptors (Lipinski definition) is 6. The molecule has 0 saturated heterocycles. The van der Waals surface area contributed by atoms with Crippen LogP contribution in [-0.2, 0) is 11.3 Å². The van der Waals surface area contributed by atoms with Crippen molar-refractivity contribution < 1.29 is 23.0 Å². The van der Waals surface area contributed by atoms with Crippen molar-refractivity contribution in [3.05, 3.63) is 36.2 Å². The quantitative estimate of drug-likeness (QED) is 0.340. The number of benzene rings is 1. The van der Waals surface area contributed by atoms with Gasteiger partial charge in [0.25, 0.3) is 6.43 Å². The van der Waals surface area contributed by atoms with Gasteiger partial charge in [-0.25, -0.2) is 23.1 Å². The summed E-state index contributed by atoms with van der Waals surface area (Å²) in [6.45, 7) is 1.43. The molecule has 1 aliphatic rings. The van der Waals surface area contributed by atoms with Gasteiger partial charge in [-0.1, -0.05) is 0 Å². The number of imidazole rings is 1. The second-order valence-electron chi connectivity index (χ2n) is 8.86. The topological polar surface area (TPSA) is 101 Å². The van der Waals surface area contributed by atoms with Crippen LogP contribution >= 0.6 is 0 Å². The molecule has 186 valence electrons. The van der Waals surface area contributed by atoms with Crippen molar-refractivity contribution >= 4 is 28.0 Å². The Morgan fingerprint density at radius 1 is 1.23 bits per heavy atom. The zero-order valence-electron chi connectivity index (χ0n) is 19.3. The lowest BCUT2D eigenvalue weighted by atomic mass is 9.93. The zero-order chi connectivity index (χ0) is 24.5. The molecule has 8 nitrogen and oxygen atoms in total. The Labute approximate surface area is 199 Å². The molecule has 5 rings (SSSR count). The standard InChI is InChI=1S/C24H27F3N6O2/c1-13-30-22-19(25)8-14(9-20(22)33(13)12-21(26)27)17-10-28-23-18(17)11-29-24(32-23)31-15-2-4-16(5-3-15)35-7-6-34/h8-11,15-16,21,34H,2-7,12H2,1H3,(H2,28,29,31,32). The molecule has 1 saturated carbocycles. The lowest BCUT2D eigenvalue weighted by Crippen LogP contribution is -2.30. The molecule has 0 radical (unpaired) electrons. The van der Waals surface area contributed by atoms with Gasteiger partial charge in [0.2, 0.25) is 5.95 Å². The second kappa shape index (κ2) is 9.82. The van der Waals surface area contributed by atoms with E-state index in [0.717, 1.165) is 25.7 Å². The van der Waals surface area contributed by atoms with Crippen LogP contribution in [0.25, 0.3) is 33.2 Å². The molecule has 11 heteroatoms. The molecule has 4 aromatic rings. The fourth-order valence-corrected chi connectivity index (χ4v) is 4.81. The van der Waals surface area contributed by atoms with Gasteiger partial charge in [0.05, 0.1) is 31.4 Å². The van der Waals surface area contributed by atoms with E-state index in [2.05, 4.69) is 25.3 Å². The Bertz CT molecular complexity index is 1330. The number of alkyl halides is 2. The molecule has 3 aromatic heterocycles.